The average molecular weight is 225 g/mol. The van der Waals surface area contributed by atoms with Crippen LogP contribution in [0, 0.1) is 0 Å². The van der Waals surface area contributed by atoms with Gasteiger partial charge >= 0.3 is 5.97 Å². The van der Waals surface area contributed by atoms with Crippen molar-refractivity contribution in [3.63, 3.8) is 0 Å². The van der Waals surface area contributed by atoms with Crippen LogP contribution in [-0.4, -0.2) is 28.9 Å². The van der Waals surface area contributed by atoms with Gasteiger partial charge in [0, 0.05) is 24.3 Å². The van der Waals surface area contributed by atoms with Crippen LogP contribution in [0.25, 0.3) is 0 Å². The van der Waals surface area contributed by atoms with Gasteiger partial charge in [0.1, 0.15) is 0 Å². The van der Waals surface area contributed by atoms with Crippen LogP contribution in [0.2, 0.25) is 0 Å². The highest BCUT2D eigenvalue weighted by atomic mass is 16.5. The Hall–Kier alpha value is -1.36. The maximum atomic E-state index is 11.1. The van der Waals surface area contributed by atoms with Crippen LogP contribution in [0.4, 0.5) is 0 Å². The van der Waals surface area contributed by atoms with Crippen molar-refractivity contribution in [2.75, 3.05) is 13.2 Å². The number of hydrogen-bond acceptors (Lipinski definition) is 4. The third kappa shape index (κ3) is 3.66. The van der Waals surface area contributed by atoms with Gasteiger partial charge in [-0.05, 0) is 20.8 Å². The number of aromatic nitrogens is 2. The first-order valence-corrected chi connectivity index (χ1v) is 5.58. The Balaban J connectivity index is 2.40. The number of esters is 1. The van der Waals surface area contributed by atoms with Crippen molar-refractivity contribution in [2.24, 2.45) is 0 Å². The van der Waals surface area contributed by atoms with E-state index in [4.69, 9.17) is 4.74 Å². The number of nitrogens with one attached hydrogen (secondary N) is 1. The summed E-state index contributed by atoms with van der Waals surface area (Å²) in [7, 11) is 0. The van der Waals surface area contributed by atoms with Gasteiger partial charge in [-0.15, -0.1) is 0 Å². The van der Waals surface area contributed by atoms with Crippen molar-refractivity contribution in [1.82, 2.24) is 15.1 Å². The van der Waals surface area contributed by atoms with Crippen LogP contribution in [0.15, 0.2) is 12.4 Å². The van der Waals surface area contributed by atoms with Crippen LogP contribution < -0.4 is 5.32 Å². The average Bonchev–Trinajstić information content (AvgIpc) is 2.75. The maximum Gasteiger partial charge on any atom is 0.319 e. The van der Waals surface area contributed by atoms with Crippen molar-refractivity contribution in [2.45, 2.75) is 33.4 Å². The molecule has 1 atom stereocenters. The quantitative estimate of drug-likeness (QED) is 0.737. The van der Waals surface area contributed by atoms with Gasteiger partial charge in [0.25, 0.3) is 0 Å². The first-order chi connectivity index (χ1) is 7.67. The van der Waals surface area contributed by atoms with Crippen molar-refractivity contribution >= 4 is 5.97 Å². The predicted octanol–water partition coefficient (Wildman–Crippen LogP) is 1.12. The molecule has 0 aromatic carbocycles. The third-order valence-corrected chi connectivity index (χ3v) is 2.34. The van der Waals surface area contributed by atoms with Crippen molar-refractivity contribution < 1.29 is 9.53 Å². The third-order valence-electron chi connectivity index (χ3n) is 2.34. The zero-order valence-corrected chi connectivity index (χ0v) is 10.1. The smallest absolute Gasteiger partial charge is 0.319 e. The molecule has 16 heavy (non-hydrogen) atoms. The molecule has 1 aromatic heterocycles. The fraction of sp³-hybridized carbons (Fsp3) is 0.636. The summed E-state index contributed by atoms with van der Waals surface area (Å²) in [6.07, 6.45) is 3.79. The molecule has 0 aliphatic heterocycles. The SMILES string of the molecule is CCOC(=O)CNC(C)c1cnn(CC)c1. The van der Waals surface area contributed by atoms with Gasteiger partial charge < -0.3 is 10.1 Å². The molecule has 0 fully saturated rings. The molecule has 0 amide bonds. The summed E-state index contributed by atoms with van der Waals surface area (Å²) in [5.74, 6) is -0.225. The maximum absolute atomic E-state index is 11.1. The monoisotopic (exact) mass is 225 g/mol. The molecule has 0 saturated heterocycles. The molecule has 1 heterocycles. The van der Waals surface area contributed by atoms with Crippen molar-refractivity contribution in [3.8, 4) is 0 Å². The second kappa shape index (κ2) is 6.27. The molecule has 90 valence electrons. The van der Waals surface area contributed by atoms with E-state index < -0.39 is 0 Å². The number of aryl methyl sites for hydroxylation is 1. The Morgan fingerprint density at radius 2 is 2.38 bits per heavy atom. The summed E-state index contributed by atoms with van der Waals surface area (Å²) in [4.78, 5) is 11.1. The molecular formula is C11H19N3O2. The van der Waals surface area contributed by atoms with Gasteiger partial charge in [0.05, 0.1) is 19.3 Å². The highest BCUT2D eigenvalue weighted by Crippen LogP contribution is 2.10. The largest absolute Gasteiger partial charge is 0.465 e. The Morgan fingerprint density at radius 1 is 1.62 bits per heavy atom. The summed E-state index contributed by atoms with van der Waals surface area (Å²) in [6, 6.07) is 0.102. The zero-order valence-electron chi connectivity index (χ0n) is 10.1. The lowest BCUT2D eigenvalue weighted by atomic mass is 10.2. The molecule has 1 aromatic rings. The summed E-state index contributed by atoms with van der Waals surface area (Å²) >= 11 is 0. The lowest BCUT2D eigenvalue weighted by molar-refractivity contribution is -0.142. The molecule has 0 aliphatic carbocycles. The molecule has 0 saturated carbocycles. The van der Waals surface area contributed by atoms with Crippen LogP contribution in [0.5, 0.6) is 0 Å². The van der Waals surface area contributed by atoms with Gasteiger partial charge in [0.2, 0.25) is 0 Å². The second-order valence-corrected chi connectivity index (χ2v) is 3.54. The van der Waals surface area contributed by atoms with Crippen LogP contribution in [0.3, 0.4) is 0 Å². The molecule has 0 aliphatic rings. The lowest BCUT2D eigenvalue weighted by Crippen LogP contribution is -2.27. The topological polar surface area (TPSA) is 56.1 Å². The minimum atomic E-state index is -0.225. The first kappa shape index (κ1) is 12.7. The molecule has 0 bridgehead atoms. The van der Waals surface area contributed by atoms with Gasteiger partial charge in [-0.1, -0.05) is 0 Å². The Morgan fingerprint density at radius 3 is 2.94 bits per heavy atom. The van der Waals surface area contributed by atoms with E-state index in [-0.39, 0.29) is 18.6 Å². The van der Waals surface area contributed by atoms with E-state index in [9.17, 15) is 4.79 Å². The molecule has 1 N–H and O–H groups in total. The Bertz CT molecular complexity index is 336. The van der Waals surface area contributed by atoms with Crippen LogP contribution in [-0.2, 0) is 16.1 Å². The van der Waals surface area contributed by atoms with Gasteiger partial charge in [0.15, 0.2) is 0 Å². The summed E-state index contributed by atoms with van der Waals surface area (Å²) < 4.78 is 6.69. The normalized spacial score (nSPS) is 12.4. The lowest BCUT2D eigenvalue weighted by Gasteiger charge is -2.10. The minimum absolute atomic E-state index is 0.102. The predicted molar refractivity (Wildman–Crippen MR) is 61.0 cm³/mol. The number of rotatable bonds is 6. The standard InChI is InChI=1S/C11H19N3O2/c1-4-14-8-10(6-13-14)9(3)12-7-11(15)16-5-2/h6,8-9,12H,4-5,7H2,1-3H3. The van der Waals surface area contributed by atoms with E-state index in [1.165, 1.54) is 0 Å². The number of hydrogen-bond donors (Lipinski definition) is 1. The highest BCUT2D eigenvalue weighted by Gasteiger charge is 2.09. The Kier molecular flexibility index (Phi) is 4.98. The van der Waals surface area contributed by atoms with Crippen molar-refractivity contribution in [3.05, 3.63) is 18.0 Å². The van der Waals surface area contributed by atoms with E-state index in [1.807, 2.05) is 30.9 Å². The molecular weight excluding hydrogens is 206 g/mol. The first-order valence-electron chi connectivity index (χ1n) is 5.58. The summed E-state index contributed by atoms with van der Waals surface area (Å²) in [5.41, 5.74) is 1.08. The Labute approximate surface area is 95.8 Å². The number of carbonyl (C=O) groups is 1. The zero-order chi connectivity index (χ0) is 12.0. The number of nitrogens with zero attached hydrogens (tertiary/aromatic N) is 2. The van der Waals surface area contributed by atoms with E-state index in [0.29, 0.717) is 6.61 Å². The number of carbonyl (C=O) groups excluding carboxylic acids is 1. The molecule has 0 spiro atoms. The van der Waals surface area contributed by atoms with E-state index in [1.54, 1.807) is 6.92 Å². The van der Waals surface area contributed by atoms with Gasteiger partial charge in [-0.25, -0.2) is 0 Å². The van der Waals surface area contributed by atoms with Crippen LogP contribution >= 0.6 is 0 Å². The molecule has 0 radical (unpaired) electrons. The summed E-state index contributed by atoms with van der Waals surface area (Å²) in [5, 5.41) is 7.27. The van der Waals surface area contributed by atoms with E-state index in [2.05, 4.69) is 10.4 Å². The second-order valence-electron chi connectivity index (χ2n) is 3.54. The fourth-order valence-electron chi connectivity index (χ4n) is 1.34. The van der Waals surface area contributed by atoms with Gasteiger partial charge in [-0.3, -0.25) is 9.48 Å². The molecule has 1 rings (SSSR count). The molecule has 5 heteroatoms. The molecule has 1 unspecified atom stereocenters. The van der Waals surface area contributed by atoms with Crippen molar-refractivity contribution in [1.29, 1.82) is 0 Å². The minimum Gasteiger partial charge on any atom is -0.465 e. The van der Waals surface area contributed by atoms with Gasteiger partial charge in [-0.2, -0.15) is 5.10 Å². The van der Waals surface area contributed by atoms with E-state index in [0.717, 1.165) is 12.1 Å². The van der Waals surface area contributed by atoms with Crippen LogP contribution in [0.1, 0.15) is 32.4 Å². The molecule has 5 nitrogen and oxygen atoms in total. The highest BCUT2D eigenvalue weighted by molar-refractivity contribution is 5.71. The van der Waals surface area contributed by atoms with E-state index >= 15 is 0 Å². The number of ether oxygens (including phenoxy) is 1. The fourth-order valence-corrected chi connectivity index (χ4v) is 1.34. The summed E-state index contributed by atoms with van der Waals surface area (Å²) in [6.45, 7) is 7.33.